The molecule has 5 nitrogen and oxygen atoms in total. The third-order valence-corrected chi connectivity index (χ3v) is 2.55. The van der Waals surface area contributed by atoms with Crippen LogP contribution in [-0.4, -0.2) is 15.9 Å². The van der Waals surface area contributed by atoms with Crippen molar-refractivity contribution < 1.29 is 9.47 Å². The van der Waals surface area contributed by atoms with Gasteiger partial charge in [0.2, 0.25) is 0 Å². The SMILES string of the molecule is CCn1cc(Oc2cccc(OC(C)C)c2N)cn1. The molecule has 0 unspecified atom stereocenters. The van der Waals surface area contributed by atoms with Crippen LogP contribution >= 0.6 is 0 Å². The van der Waals surface area contributed by atoms with Crippen molar-refractivity contribution in [3.63, 3.8) is 0 Å². The molecule has 1 heterocycles. The molecule has 0 amide bonds. The van der Waals surface area contributed by atoms with Crippen molar-refractivity contribution in [3.8, 4) is 17.2 Å². The quantitative estimate of drug-likeness (QED) is 0.840. The van der Waals surface area contributed by atoms with Crippen molar-refractivity contribution >= 4 is 5.69 Å². The number of nitrogens with two attached hydrogens (primary N) is 1. The maximum Gasteiger partial charge on any atom is 0.165 e. The zero-order valence-electron chi connectivity index (χ0n) is 11.5. The summed E-state index contributed by atoms with van der Waals surface area (Å²) in [5.74, 6) is 1.87. The van der Waals surface area contributed by atoms with Gasteiger partial charge in [-0.2, -0.15) is 5.10 Å². The molecule has 0 radical (unpaired) electrons. The molecule has 1 aromatic carbocycles. The van der Waals surface area contributed by atoms with Gasteiger partial charge in [-0.3, -0.25) is 4.68 Å². The summed E-state index contributed by atoms with van der Waals surface area (Å²) in [6.45, 7) is 6.73. The molecule has 0 saturated carbocycles. The van der Waals surface area contributed by atoms with Gasteiger partial charge in [0.15, 0.2) is 11.5 Å². The highest BCUT2D eigenvalue weighted by molar-refractivity contribution is 5.63. The predicted molar refractivity (Wildman–Crippen MR) is 74.6 cm³/mol. The van der Waals surface area contributed by atoms with Crippen LogP contribution in [0.25, 0.3) is 0 Å². The topological polar surface area (TPSA) is 62.3 Å². The van der Waals surface area contributed by atoms with E-state index in [1.54, 1.807) is 10.9 Å². The third-order valence-electron chi connectivity index (χ3n) is 2.55. The van der Waals surface area contributed by atoms with Crippen LogP contribution in [0, 0.1) is 0 Å². The lowest BCUT2D eigenvalue weighted by atomic mass is 10.2. The number of benzene rings is 1. The van der Waals surface area contributed by atoms with Crippen LogP contribution in [-0.2, 0) is 6.54 Å². The average Bonchev–Trinajstić information content (AvgIpc) is 2.81. The molecule has 1 aromatic heterocycles. The van der Waals surface area contributed by atoms with Crippen molar-refractivity contribution in [2.45, 2.75) is 33.4 Å². The molecular weight excluding hydrogens is 242 g/mol. The average molecular weight is 261 g/mol. The number of aromatic nitrogens is 2. The van der Waals surface area contributed by atoms with Crippen LogP contribution in [0.15, 0.2) is 30.6 Å². The van der Waals surface area contributed by atoms with Gasteiger partial charge in [-0.15, -0.1) is 0 Å². The lowest BCUT2D eigenvalue weighted by Gasteiger charge is -2.14. The van der Waals surface area contributed by atoms with Gasteiger partial charge in [0, 0.05) is 6.54 Å². The Balaban J connectivity index is 2.20. The van der Waals surface area contributed by atoms with E-state index in [0.717, 1.165) is 6.54 Å². The Morgan fingerprint density at radius 2 is 2.05 bits per heavy atom. The maximum atomic E-state index is 6.04. The molecule has 0 aliphatic rings. The standard InChI is InChI=1S/C14H19N3O2/c1-4-17-9-11(8-16-17)19-13-7-5-6-12(14(13)15)18-10(2)3/h5-10H,4,15H2,1-3H3. The van der Waals surface area contributed by atoms with E-state index in [9.17, 15) is 0 Å². The molecule has 0 saturated heterocycles. The number of nitrogens with zero attached hydrogens (tertiary/aromatic N) is 2. The van der Waals surface area contributed by atoms with Crippen LogP contribution in [0.2, 0.25) is 0 Å². The molecule has 2 aromatic rings. The number of rotatable bonds is 5. The van der Waals surface area contributed by atoms with Gasteiger partial charge in [-0.05, 0) is 32.9 Å². The maximum absolute atomic E-state index is 6.04. The zero-order chi connectivity index (χ0) is 13.8. The number of anilines is 1. The molecule has 0 spiro atoms. The molecule has 0 bridgehead atoms. The number of ether oxygens (including phenoxy) is 2. The van der Waals surface area contributed by atoms with Gasteiger partial charge < -0.3 is 15.2 Å². The molecule has 102 valence electrons. The minimum atomic E-state index is 0.0698. The molecular formula is C14H19N3O2. The molecule has 5 heteroatoms. The van der Waals surface area contributed by atoms with Crippen molar-refractivity contribution in [1.29, 1.82) is 0 Å². The van der Waals surface area contributed by atoms with Gasteiger partial charge in [0.25, 0.3) is 0 Å². The van der Waals surface area contributed by atoms with Crippen LogP contribution < -0.4 is 15.2 Å². The summed E-state index contributed by atoms with van der Waals surface area (Å²) in [6, 6.07) is 5.50. The Morgan fingerprint density at radius 1 is 1.32 bits per heavy atom. The zero-order valence-corrected chi connectivity index (χ0v) is 11.5. The fourth-order valence-corrected chi connectivity index (χ4v) is 1.67. The summed E-state index contributed by atoms with van der Waals surface area (Å²) in [5.41, 5.74) is 6.54. The van der Waals surface area contributed by atoms with E-state index in [0.29, 0.717) is 22.9 Å². The molecule has 0 fully saturated rings. The number of hydrogen-bond acceptors (Lipinski definition) is 4. The molecule has 2 rings (SSSR count). The van der Waals surface area contributed by atoms with Crippen LogP contribution in [0.4, 0.5) is 5.69 Å². The summed E-state index contributed by atoms with van der Waals surface area (Å²) < 4.78 is 13.1. The second-order valence-corrected chi connectivity index (χ2v) is 4.47. The summed E-state index contributed by atoms with van der Waals surface area (Å²) in [4.78, 5) is 0. The number of nitrogen functional groups attached to an aromatic ring is 1. The van der Waals surface area contributed by atoms with E-state index < -0.39 is 0 Å². The van der Waals surface area contributed by atoms with Crippen molar-refractivity contribution in [2.24, 2.45) is 0 Å². The highest BCUT2D eigenvalue weighted by Gasteiger charge is 2.10. The first-order valence-corrected chi connectivity index (χ1v) is 6.35. The molecule has 2 N–H and O–H groups in total. The number of aryl methyl sites for hydroxylation is 1. The van der Waals surface area contributed by atoms with Crippen molar-refractivity contribution in [3.05, 3.63) is 30.6 Å². The first-order valence-electron chi connectivity index (χ1n) is 6.35. The second kappa shape index (κ2) is 5.65. The largest absolute Gasteiger partial charge is 0.489 e. The summed E-state index contributed by atoms with van der Waals surface area (Å²) in [6.07, 6.45) is 3.56. The van der Waals surface area contributed by atoms with Crippen LogP contribution in [0.1, 0.15) is 20.8 Å². The van der Waals surface area contributed by atoms with Crippen LogP contribution in [0.5, 0.6) is 17.2 Å². The van der Waals surface area contributed by atoms with E-state index in [2.05, 4.69) is 5.10 Å². The summed E-state index contributed by atoms with van der Waals surface area (Å²) in [7, 11) is 0. The molecule has 19 heavy (non-hydrogen) atoms. The summed E-state index contributed by atoms with van der Waals surface area (Å²) >= 11 is 0. The third kappa shape index (κ3) is 3.19. The second-order valence-electron chi connectivity index (χ2n) is 4.47. The fraction of sp³-hybridized carbons (Fsp3) is 0.357. The monoisotopic (exact) mass is 261 g/mol. The van der Waals surface area contributed by atoms with Gasteiger partial charge in [0.05, 0.1) is 18.5 Å². The Labute approximate surface area is 112 Å². The highest BCUT2D eigenvalue weighted by atomic mass is 16.5. The van der Waals surface area contributed by atoms with E-state index in [1.165, 1.54) is 0 Å². The van der Waals surface area contributed by atoms with Crippen molar-refractivity contribution in [1.82, 2.24) is 9.78 Å². The Kier molecular flexibility index (Phi) is 3.94. The molecule has 0 aliphatic carbocycles. The smallest absolute Gasteiger partial charge is 0.165 e. The van der Waals surface area contributed by atoms with Gasteiger partial charge >= 0.3 is 0 Å². The minimum Gasteiger partial charge on any atom is -0.489 e. The lowest BCUT2D eigenvalue weighted by Crippen LogP contribution is -2.07. The van der Waals surface area contributed by atoms with Crippen molar-refractivity contribution in [2.75, 3.05) is 5.73 Å². The van der Waals surface area contributed by atoms with E-state index in [4.69, 9.17) is 15.2 Å². The van der Waals surface area contributed by atoms with Gasteiger partial charge in [-0.25, -0.2) is 0 Å². The minimum absolute atomic E-state index is 0.0698. The van der Waals surface area contributed by atoms with Gasteiger partial charge in [0.1, 0.15) is 11.4 Å². The number of para-hydroxylation sites is 1. The Bertz CT molecular complexity index is 549. The van der Waals surface area contributed by atoms with Gasteiger partial charge in [-0.1, -0.05) is 6.07 Å². The molecule has 0 atom stereocenters. The van der Waals surface area contributed by atoms with Crippen LogP contribution in [0.3, 0.4) is 0 Å². The lowest BCUT2D eigenvalue weighted by molar-refractivity contribution is 0.243. The first kappa shape index (κ1) is 13.3. The first-order chi connectivity index (χ1) is 9.10. The number of hydrogen-bond donors (Lipinski definition) is 1. The highest BCUT2D eigenvalue weighted by Crippen LogP contribution is 2.34. The Hall–Kier alpha value is -2.17. The predicted octanol–water partition coefficient (Wildman–Crippen LogP) is 3.06. The van der Waals surface area contributed by atoms with E-state index >= 15 is 0 Å². The normalized spacial score (nSPS) is 10.7. The Morgan fingerprint density at radius 3 is 2.68 bits per heavy atom. The van der Waals surface area contributed by atoms with E-state index in [1.807, 2.05) is 45.2 Å². The van der Waals surface area contributed by atoms with E-state index in [-0.39, 0.29) is 6.10 Å². The molecule has 0 aliphatic heterocycles. The fourth-order valence-electron chi connectivity index (χ4n) is 1.67. The summed E-state index contributed by atoms with van der Waals surface area (Å²) in [5, 5.41) is 4.15.